The first kappa shape index (κ1) is 13.2. The van der Waals surface area contributed by atoms with Gasteiger partial charge in [0.2, 0.25) is 0 Å². The fourth-order valence-corrected chi connectivity index (χ4v) is 2.09. The highest BCUT2D eigenvalue weighted by Gasteiger charge is 2.36. The summed E-state index contributed by atoms with van der Waals surface area (Å²) in [6, 6.07) is 2.27. The van der Waals surface area contributed by atoms with Crippen molar-refractivity contribution < 1.29 is 18.6 Å². The summed E-state index contributed by atoms with van der Waals surface area (Å²) < 4.78 is 31.8. The van der Waals surface area contributed by atoms with Gasteiger partial charge >= 0.3 is 0 Å². The van der Waals surface area contributed by atoms with Gasteiger partial charge in [0.25, 0.3) is 0 Å². The van der Waals surface area contributed by atoms with E-state index < -0.39 is 17.4 Å². The minimum absolute atomic E-state index is 0.0595. The lowest BCUT2D eigenvalue weighted by Gasteiger charge is -2.29. The number of nitrogens with one attached hydrogen (secondary N) is 1. The van der Waals surface area contributed by atoms with Gasteiger partial charge in [-0.05, 0) is 38.0 Å². The number of halogens is 2. The molecule has 1 aliphatic heterocycles. The van der Waals surface area contributed by atoms with Crippen LogP contribution >= 0.6 is 0 Å². The molecule has 2 rings (SSSR count). The van der Waals surface area contributed by atoms with Gasteiger partial charge in [0.15, 0.2) is 17.4 Å². The Kier molecular flexibility index (Phi) is 3.54. The summed E-state index contributed by atoms with van der Waals surface area (Å²) in [5, 5.41) is 12.3. The first-order valence-electron chi connectivity index (χ1n) is 5.96. The van der Waals surface area contributed by atoms with E-state index in [1.54, 1.807) is 0 Å². The third-order valence-corrected chi connectivity index (χ3v) is 3.66. The van der Waals surface area contributed by atoms with Crippen LogP contribution in [-0.4, -0.2) is 23.4 Å². The molecule has 0 amide bonds. The number of hydrogen-bond donors (Lipinski definition) is 2. The van der Waals surface area contributed by atoms with Crippen LogP contribution in [0.25, 0.3) is 0 Å². The summed E-state index contributed by atoms with van der Waals surface area (Å²) >= 11 is 0. The fourth-order valence-electron chi connectivity index (χ4n) is 2.09. The second kappa shape index (κ2) is 4.82. The lowest BCUT2D eigenvalue weighted by Crippen LogP contribution is -2.47. The Hall–Kier alpha value is -1.20. The Labute approximate surface area is 105 Å². The van der Waals surface area contributed by atoms with Gasteiger partial charge in [0, 0.05) is 18.7 Å². The number of phenolic OH excluding ortho intramolecular Hbond substituents is 1. The zero-order valence-corrected chi connectivity index (χ0v) is 10.5. The van der Waals surface area contributed by atoms with Crippen molar-refractivity contribution in [3.05, 3.63) is 29.3 Å². The summed E-state index contributed by atoms with van der Waals surface area (Å²) in [5.74, 6) is -2.80. The van der Waals surface area contributed by atoms with Crippen LogP contribution in [-0.2, 0) is 11.3 Å². The van der Waals surface area contributed by atoms with E-state index in [1.807, 2.05) is 13.8 Å². The molecule has 1 fully saturated rings. The number of benzene rings is 1. The molecule has 3 nitrogen and oxygen atoms in total. The van der Waals surface area contributed by atoms with Gasteiger partial charge in [-0.15, -0.1) is 0 Å². The second-order valence-electron chi connectivity index (χ2n) is 4.94. The van der Waals surface area contributed by atoms with Gasteiger partial charge in [0.05, 0.1) is 6.10 Å². The smallest absolute Gasteiger partial charge is 0.187 e. The topological polar surface area (TPSA) is 41.5 Å². The lowest BCUT2D eigenvalue weighted by atomic mass is 9.94. The molecule has 1 heterocycles. The van der Waals surface area contributed by atoms with Crippen LogP contribution in [0.4, 0.5) is 8.78 Å². The molecule has 0 saturated carbocycles. The predicted octanol–water partition coefficient (Wildman–Crippen LogP) is 2.33. The molecule has 1 saturated heterocycles. The van der Waals surface area contributed by atoms with Crippen molar-refractivity contribution in [1.29, 1.82) is 0 Å². The van der Waals surface area contributed by atoms with Crippen LogP contribution < -0.4 is 5.32 Å². The lowest BCUT2D eigenvalue weighted by molar-refractivity contribution is 0.0881. The third-order valence-electron chi connectivity index (χ3n) is 3.66. The quantitative estimate of drug-likeness (QED) is 0.873. The summed E-state index contributed by atoms with van der Waals surface area (Å²) in [6.07, 6.45) is 0.918. The van der Waals surface area contributed by atoms with Crippen molar-refractivity contribution in [1.82, 2.24) is 5.32 Å². The van der Waals surface area contributed by atoms with Crippen LogP contribution in [0.1, 0.15) is 25.8 Å². The number of ether oxygens (including phenoxy) is 1. The van der Waals surface area contributed by atoms with Crippen molar-refractivity contribution in [2.24, 2.45) is 0 Å². The van der Waals surface area contributed by atoms with Crippen LogP contribution in [0, 0.1) is 11.6 Å². The van der Waals surface area contributed by atoms with Gasteiger partial charge in [0.1, 0.15) is 0 Å². The molecule has 2 unspecified atom stereocenters. The Bertz CT molecular complexity index is 430. The zero-order chi connectivity index (χ0) is 13.3. The largest absolute Gasteiger partial charge is 0.503 e. The molecule has 5 heteroatoms. The monoisotopic (exact) mass is 257 g/mol. The van der Waals surface area contributed by atoms with Gasteiger partial charge in [-0.2, -0.15) is 0 Å². The molecular formula is C13H17F2NO2. The maximum absolute atomic E-state index is 13.2. The number of aromatic hydroxyl groups is 1. The van der Waals surface area contributed by atoms with Crippen LogP contribution in [0.15, 0.2) is 12.1 Å². The first-order chi connectivity index (χ1) is 8.42. The molecule has 1 aromatic carbocycles. The Morgan fingerprint density at radius 1 is 1.44 bits per heavy atom. The minimum atomic E-state index is -0.937. The van der Waals surface area contributed by atoms with Crippen molar-refractivity contribution in [2.75, 3.05) is 6.61 Å². The average molecular weight is 257 g/mol. The van der Waals surface area contributed by atoms with Crippen molar-refractivity contribution in [3.8, 4) is 5.75 Å². The first-order valence-corrected chi connectivity index (χ1v) is 5.96. The van der Waals surface area contributed by atoms with E-state index in [0.717, 1.165) is 18.6 Å². The van der Waals surface area contributed by atoms with Gasteiger partial charge in [-0.3, -0.25) is 0 Å². The van der Waals surface area contributed by atoms with E-state index in [0.29, 0.717) is 18.7 Å². The number of hydrogen-bond acceptors (Lipinski definition) is 3. The fraction of sp³-hybridized carbons (Fsp3) is 0.538. The molecular weight excluding hydrogens is 240 g/mol. The number of phenols is 1. The van der Waals surface area contributed by atoms with E-state index in [-0.39, 0.29) is 11.6 Å². The SMILES string of the molecule is CC1OCCC1(C)NCc1cc(F)c(O)c(F)c1. The molecule has 2 N–H and O–H groups in total. The minimum Gasteiger partial charge on any atom is -0.503 e. The molecule has 1 aliphatic rings. The van der Waals surface area contributed by atoms with Crippen LogP contribution in [0.5, 0.6) is 5.75 Å². The van der Waals surface area contributed by atoms with Gasteiger partial charge in [-0.25, -0.2) is 8.78 Å². The summed E-state index contributed by atoms with van der Waals surface area (Å²) in [5.41, 5.74) is 0.272. The Morgan fingerprint density at radius 3 is 2.56 bits per heavy atom. The molecule has 18 heavy (non-hydrogen) atoms. The Balaban J connectivity index is 2.07. The highest BCUT2D eigenvalue weighted by atomic mass is 19.1. The highest BCUT2D eigenvalue weighted by molar-refractivity contribution is 5.30. The summed E-state index contributed by atoms with van der Waals surface area (Å²) in [4.78, 5) is 0. The maximum atomic E-state index is 13.2. The van der Waals surface area contributed by atoms with E-state index in [2.05, 4.69) is 5.32 Å². The molecule has 0 aliphatic carbocycles. The van der Waals surface area contributed by atoms with E-state index >= 15 is 0 Å². The molecule has 100 valence electrons. The molecule has 0 spiro atoms. The van der Waals surface area contributed by atoms with E-state index in [9.17, 15) is 8.78 Å². The average Bonchev–Trinajstić information content (AvgIpc) is 2.64. The van der Waals surface area contributed by atoms with Gasteiger partial charge < -0.3 is 15.2 Å². The molecule has 1 aromatic rings. The third kappa shape index (κ3) is 2.47. The summed E-state index contributed by atoms with van der Waals surface area (Å²) in [7, 11) is 0. The predicted molar refractivity (Wildman–Crippen MR) is 63.3 cm³/mol. The van der Waals surface area contributed by atoms with Crippen LogP contribution in [0.3, 0.4) is 0 Å². The highest BCUT2D eigenvalue weighted by Crippen LogP contribution is 2.26. The molecule has 2 atom stereocenters. The van der Waals surface area contributed by atoms with Gasteiger partial charge in [-0.1, -0.05) is 0 Å². The van der Waals surface area contributed by atoms with E-state index in [4.69, 9.17) is 9.84 Å². The molecule has 0 aromatic heterocycles. The van der Waals surface area contributed by atoms with Crippen molar-refractivity contribution in [2.45, 2.75) is 38.5 Å². The second-order valence-corrected chi connectivity index (χ2v) is 4.94. The number of rotatable bonds is 3. The van der Waals surface area contributed by atoms with Crippen molar-refractivity contribution >= 4 is 0 Å². The zero-order valence-electron chi connectivity index (χ0n) is 10.5. The molecule has 0 radical (unpaired) electrons. The van der Waals surface area contributed by atoms with Crippen LogP contribution in [0.2, 0.25) is 0 Å². The maximum Gasteiger partial charge on any atom is 0.187 e. The Morgan fingerprint density at radius 2 is 2.06 bits per heavy atom. The normalized spacial score (nSPS) is 27.7. The van der Waals surface area contributed by atoms with E-state index in [1.165, 1.54) is 0 Å². The standard InChI is InChI=1S/C13H17F2NO2/c1-8-13(2,3-4-18-8)16-7-9-5-10(14)12(17)11(15)6-9/h5-6,8,16-17H,3-4,7H2,1-2H3. The van der Waals surface area contributed by atoms with Crippen molar-refractivity contribution in [3.63, 3.8) is 0 Å². The summed E-state index contributed by atoms with van der Waals surface area (Å²) in [6.45, 7) is 5.01. The molecule has 0 bridgehead atoms.